The van der Waals surface area contributed by atoms with Crippen LogP contribution in [0.25, 0.3) is 10.8 Å². The van der Waals surface area contributed by atoms with Crippen LogP contribution < -0.4 is 5.63 Å². The summed E-state index contributed by atoms with van der Waals surface area (Å²) in [7, 11) is 0. The lowest BCUT2D eigenvalue weighted by molar-refractivity contribution is 0.0658. The molecule has 0 atom stereocenters. The highest BCUT2D eigenvalue weighted by Gasteiger charge is 2.11. The van der Waals surface area contributed by atoms with Crippen molar-refractivity contribution in [2.24, 2.45) is 0 Å². The van der Waals surface area contributed by atoms with Crippen molar-refractivity contribution in [2.75, 3.05) is 0 Å². The Balaban J connectivity index is 2.91. The van der Waals surface area contributed by atoms with Gasteiger partial charge >= 0.3 is 11.6 Å². The number of halogens is 1. The fourth-order valence-corrected chi connectivity index (χ4v) is 1.56. The van der Waals surface area contributed by atoms with E-state index in [1.807, 2.05) is 0 Å². The molecule has 1 aromatic heterocycles. The standard InChI is InChI=1S/C10H5ClO4/c11-6-3-1-2-5-4-7(9(12)13)15-10(14)8(5)6/h1-4H,(H,12,13). The maximum absolute atomic E-state index is 11.4. The average molecular weight is 225 g/mol. The van der Waals surface area contributed by atoms with Crippen LogP contribution in [0.15, 0.2) is 33.5 Å². The summed E-state index contributed by atoms with van der Waals surface area (Å²) in [5, 5.41) is 9.57. The first-order valence-corrected chi connectivity index (χ1v) is 4.43. The summed E-state index contributed by atoms with van der Waals surface area (Å²) in [6.07, 6.45) is 0. The smallest absolute Gasteiger partial charge is 0.371 e. The van der Waals surface area contributed by atoms with E-state index in [9.17, 15) is 9.59 Å². The number of fused-ring (bicyclic) bond motifs is 1. The van der Waals surface area contributed by atoms with Crippen LogP contribution in [-0.4, -0.2) is 11.1 Å². The second-order valence-corrected chi connectivity index (χ2v) is 3.31. The quantitative estimate of drug-likeness (QED) is 0.806. The van der Waals surface area contributed by atoms with E-state index in [1.54, 1.807) is 18.2 Å². The van der Waals surface area contributed by atoms with Crippen LogP contribution >= 0.6 is 11.6 Å². The SMILES string of the molecule is O=C(O)c1cc2cccc(Cl)c2c(=O)o1. The molecule has 5 heteroatoms. The van der Waals surface area contributed by atoms with E-state index in [0.717, 1.165) is 0 Å². The first-order chi connectivity index (χ1) is 7.09. The van der Waals surface area contributed by atoms with E-state index in [0.29, 0.717) is 5.39 Å². The molecule has 0 fully saturated rings. The van der Waals surface area contributed by atoms with Crippen LogP contribution in [0, 0.1) is 0 Å². The second-order valence-electron chi connectivity index (χ2n) is 2.91. The number of hydrogen-bond acceptors (Lipinski definition) is 3. The number of rotatable bonds is 1. The van der Waals surface area contributed by atoms with Gasteiger partial charge in [-0.25, -0.2) is 9.59 Å². The van der Waals surface area contributed by atoms with Crippen molar-refractivity contribution in [3.05, 3.63) is 45.5 Å². The zero-order valence-corrected chi connectivity index (χ0v) is 8.12. The first kappa shape index (κ1) is 9.73. The second kappa shape index (κ2) is 3.40. The number of aromatic carboxylic acids is 1. The van der Waals surface area contributed by atoms with Gasteiger partial charge in [-0.1, -0.05) is 23.7 Å². The molecule has 0 saturated carbocycles. The van der Waals surface area contributed by atoms with E-state index in [4.69, 9.17) is 16.7 Å². The Morgan fingerprint density at radius 2 is 2.13 bits per heavy atom. The third-order valence-electron chi connectivity index (χ3n) is 1.95. The summed E-state index contributed by atoms with van der Waals surface area (Å²) in [5.41, 5.74) is -0.740. The Morgan fingerprint density at radius 3 is 2.80 bits per heavy atom. The van der Waals surface area contributed by atoms with Crippen molar-refractivity contribution >= 4 is 28.3 Å². The Bertz CT molecular complexity index is 600. The molecule has 2 aromatic rings. The van der Waals surface area contributed by atoms with Gasteiger partial charge in [0, 0.05) is 0 Å². The van der Waals surface area contributed by atoms with E-state index >= 15 is 0 Å². The Hall–Kier alpha value is -1.81. The summed E-state index contributed by atoms with van der Waals surface area (Å²) in [6, 6.07) is 6.05. The number of carboxylic acids is 1. The maximum atomic E-state index is 11.4. The van der Waals surface area contributed by atoms with Gasteiger partial charge in [-0.05, 0) is 17.5 Å². The summed E-state index contributed by atoms with van der Waals surface area (Å²) >= 11 is 5.79. The summed E-state index contributed by atoms with van der Waals surface area (Å²) < 4.78 is 4.59. The molecule has 1 aromatic carbocycles. The molecule has 0 saturated heterocycles. The predicted octanol–water partition coefficient (Wildman–Crippen LogP) is 2.14. The molecule has 0 aliphatic carbocycles. The van der Waals surface area contributed by atoms with Crippen molar-refractivity contribution in [1.82, 2.24) is 0 Å². The highest BCUT2D eigenvalue weighted by molar-refractivity contribution is 6.35. The Labute approximate surface area is 88.7 Å². The van der Waals surface area contributed by atoms with Crippen molar-refractivity contribution < 1.29 is 14.3 Å². The van der Waals surface area contributed by atoms with Gasteiger partial charge in [0.25, 0.3) is 0 Å². The van der Waals surface area contributed by atoms with Gasteiger partial charge in [0.05, 0.1) is 10.4 Å². The Morgan fingerprint density at radius 1 is 1.40 bits per heavy atom. The van der Waals surface area contributed by atoms with Crippen LogP contribution in [0.1, 0.15) is 10.6 Å². The van der Waals surface area contributed by atoms with Crippen LogP contribution in [-0.2, 0) is 0 Å². The molecular weight excluding hydrogens is 220 g/mol. The van der Waals surface area contributed by atoms with Crippen LogP contribution in [0.4, 0.5) is 0 Å². The molecule has 0 radical (unpaired) electrons. The van der Waals surface area contributed by atoms with Crippen LogP contribution in [0.2, 0.25) is 5.02 Å². The van der Waals surface area contributed by atoms with E-state index in [-0.39, 0.29) is 10.4 Å². The van der Waals surface area contributed by atoms with Gasteiger partial charge in [-0.3, -0.25) is 0 Å². The lowest BCUT2D eigenvalue weighted by Gasteiger charge is -1.99. The van der Waals surface area contributed by atoms with Crippen molar-refractivity contribution in [2.45, 2.75) is 0 Å². The number of carboxylic acid groups (broad SMARTS) is 1. The molecule has 2 rings (SSSR count). The molecule has 0 spiro atoms. The van der Waals surface area contributed by atoms with Gasteiger partial charge in [0.15, 0.2) is 0 Å². The third kappa shape index (κ3) is 1.59. The topological polar surface area (TPSA) is 67.5 Å². The van der Waals surface area contributed by atoms with Gasteiger partial charge < -0.3 is 9.52 Å². The lowest BCUT2D eigenvalue weighted by Crippen LogP contribution is -2.06. The monoisotopic (exact) mass is 224 g/mol. The molecule has 76 valence electrons. The van der Waals surface area contributed by atoms with Crippen molar-refractivity contribution in [3.8, 4) is 0 Å². The highest BCUT2D eigenvalue weighted by Crippen LogP contribution is 2.20. The minimum absolute atomic E-state index is 0.198. The number of benzene rings is 1. The average Bonchev–Trinajstić information content (AvgIpc) is 2.17. The molecule has 15 heavy (non-hydrogen) atoms. The molecular formula is C10H5ClO4. The van der Waals surface area contributed by atoms with Crippen LogP contribution in [0.5, 0.6) is 0 Å². The molecule has 0 amide bonds. The van der Waals surface area contributed by atoms with Crippen molar-refractivity contribution in [1.29, 1.82) is 0 Å². The van der Waals surface area contributed by atoms with Gasteiger partial charge in [0.2, 0.25) is 5.76 Å². The molecule has 0 bridgehead atoms. The Kier molecular flexibility index (Phi) is 2.21. The number of hydrogen-bond donors (Lipinski definition) is 1. The molecule has 0 unspecified atom stereocenters. The first-order valence-electron chi connectivity index (χ1n) is 4.05. The summed E-state index contributed by atoms with van der Waals surface area (Å²) in [4.78, 5) is 22.0. The molecule has 1 heterocycles. The van der Waals surface area contributed by atoms with Gasteiger partial charge in [0.1, 0.15) is 0 Å². The molecule has 1 N–H and O–H groups in total. The minimum Gasteiger partial charge on any atom is -0.475 e. The fourth-order valence-electron chi connectivity index (χ4n) is 1.30. The van der Waals surface area contributed by atoms with E-state index in [2.05, 4.69) is 4.42 Å². The highest BCUT2D eigenvalue weighted by atomic mass is 35.5. The maximum Gasteiger partial charge on any atom is 0.371 e. The van der Waals surface area contributed by atoms with E-state index < -0.39 is 17.4 Å². The zero-order chi connectivity index (χ0) is 11.0. The molecule has 4 nitrogen and oxygen atoms in total. The summed E-state index contributed by atoms with van der Waals surface area (Å²) in [6.45, 7) is 0. The van der Waals surface area contributed by atoms with Crippen LogP contribution in [0.3, 0.4) is 0 Å². The minimum atomic E-state index is -1.28. The predicted molar refractivity (Wildman–Crippen MR) is 54.5 cm³/mol. The number of carbonyl (C=O) groups is 1. The third-order valence-corrected chi connectivity index (χ3v) is 2.26. The largest absolute Gasteiger partial charge is 0.475 e. The molecule has 0 aliphatic heterocycles. The van der Waals surface area contributed by atoms with Gasteiger partial charge in [-0.15, -0.1) is 0 Å². The fraction of sp³-hybridized carbons (Fsp3) is 0. The lowest BCUT2D eigenvalue weighted by atomic mass is 10.1. The van der Waals surface area contributed by atoms with Crippen molar-refractivity contribution in [3.63, 3.8) is 0 Å². The molecule has 0 aliphatic rings. The normalized spacial score (nSPS) is 10.5. The summed E-state index contributed by atoms with van der Waals surface area (Å²) in [5.74, 6) is -1.68. The zero-order valence-electron chi connectivity index (χ0n) is 7.36. The van der Waals surface area contributed by atoms with Gasteiger partial charge in [-0.2, -0.15) is 0 Å². The van der Waals surface area contributed by atoms with E-state index in [1.165, 1.54) is 6.07 Å².